The van der Waals surface area contributed by atoms with Crippen LogP contribution in [0.4, 0.5) is 5.69 Å². The van der Waals surface area contributed by atoms with Crippen molar-refractivity contribution in [1.82, 2.24) is 0 Å². The van der Waals surface area contributed by atoms with Gasteiger partial charge in [-0.3, -0.25) is 9.63 Å². The molecule has 0 bridgehead atoms. The molecule has 1 unspecified atom stereocenters. The molecule has 1 saturated heterocycles. The van der Waals surface area contributed by atoms with Crippen LogP contribution in [0.3, 0.4) is 0 Å². The number of nitrogens with two attached hydrogens (primary N) is 1. The van der Waals surface area contributed by atoms with Gasteiger partial charge in [0.05, 0.1) is 18.7 Å². The third-order valence-electron chi connectivity index (χ3n) is 2.39. The Hall–Kier alpha value is -1.39. The van der Waals surface area contributed by atoms with Crippen molar-refractivity contribution in [2.75, 3.05) is 11.7 Å². The normalized spacial score (nSPS) is 18.3. The Bertz CT molecular complexity index is 377. The summed E-state index contributed by atoms with van der Waals surface area (Å²) in [4.78, 5) is 16.7. The van der Waals surface area contributed by atoms with E-state index in [0.29, 0.717) is 13.0 Å². The lowest BCUT2D eigenvalue weighted by molar-refractivity contribution is -0.119. The Kier molecular flexibility index (Phi) is 2.70. The maximum atomic E-state index is 11.4. The molecule has 1 fully saturated rings. The topological polar surface area (TPSA) is 55.6 Å². The number of hydrogen-bond acceptors (Lipinski definition) is 3. The minimum Gasteiger partial charge on any atom is -0.324 e. The van der Waals surface area contributed by atoms with Gasteiger partial charge in [0.25, 0.3) is 5.91 Å². The van der Waals surface area contributed by atoms with Gasteiger partial charge < -0.3 is 5.73 Å². The van der Waals surface area contributed by atoms with Crippen LogP contribution in [0, 0.1) is 0 Å². The van der Waals surface area contributed by atoms with E-state index < -0.39 is 0 Å². The second kappa shape index (κ2) is 4.00. The van der Waals surface area contributed by atoms with E-state index in [2.05, 4.69) is 0 Å². The fraction of sp³-hybridized carbons (Fsp3) is 0.364. The van der Waals surface area contributed by atoms with E-state index in [0.717, 1.165) is 11.3 Å². The summed E-state index contributed by atoms with van der Waals surface area (Å²) in [5.74, 6) is -0.00294. The first-order valence-corrected chi connectivity index (χ1v) is 5.00. The van der Waals surface area contributed by atoms with E-state index in [4.69, 9.17) is 10.6 Å². The largest absolute Gasteiger partial charge is 0.324 e. The molecule has 15 heavy (non-hydrogen) atoms. The van der Waals surface area contributed by atoms with Crippen LogP contribution in [-0.2, 0) is 9.63 Å². The molecule has 4 heteroatoms. The molecule has 80 valence electrons. The molecule has 0 spiro atoms. The summed E-state index contributed by atoms with van der Waals surface area (Å²) in [6.45, 7) is 2.37. The minimum atomic E-state index is -0.0392. The van der Waals surface area contributed by atoms with Crippen LogP contribution < -0.4 is 10.8 Å². The molecule has 0 saturated carbocycles. The number of amides is 1. The van der Waals surface area contributed by atoms with Gasteiger partial charge >= 0.3 is 0 Å². The molecule has 1 aromatic rings. The number of nitrogens with zero attached hydrogens (tertiary/aromatic N) is 1. The molecule has 2 rings (SSSR count). The van der Waals surface area contributed by atoms with Crippen molar-refractivity contribution in [2.45, 2.75) is 19.4 Å². The third-order valence-corrected chi connectivity index (χ3v) is 2.39. The molecule has 1 aliphatic rings. The third kappa shape index (κ3) is 2.00. The van der Waals surface area contributed by atoms with Crippen LogP contribution in [0.5, 0.6) is 0 Å². The van der Waals surface area contributed by atoms with Crippen molar-refractivity contribution >= 4 is 11.6 Å². The first-order valence-electron chi connectivity index (χ1n) is 5.00. The standard InChI is InChI=1S/C11H14N2O2/c1-8(12)9-3-2-4-10(7-9)13-11(14)5-6-15-13/h2-4,7-8H,5-6,12H2,1H3. The lowest BCUT2D eigenvalue weighted by Gasteiger charge is -2.15. The first-order chi connectivity index (χ1) is 7.18. The Labute approximate surface area is 88.6 Å². The SMILES string of the molecule is CC(N)c1cccc(N2OCCC2=O)c1. The zero-order valence-electron chi connectivity index (χ0n) is 8.64. The molecule has 0 aromatic heterocycles. The molecule has 1 aromatic carbocycles. The maximum Gasteiger partial charge on any atom is 0.253 e. The van der Waals surface area contributed by atoms with Gasteiger partial charge in [-0.2, -0.15) is 5.06 Å². The summed E-state index contributed by atoms with van der Waals surface area (Å²) in [6.07, 6.45) is 0.447. The Morgan fingerprint density at radius 1 is 1.53 bits per heavy atom. The van der Waals surface area contributed by atoms with E-state index in [1.807, 2.05) is 31.2 Å². The minimum absolute atomic E-state index is 0.00294. The lowest BCUT2D eigenvalue weighted by atomic mass is 10.1. The number of anilines is 1. The molecular formula is C11H14N2O2. The number of hydrogen-bond donors (Lipinski definition) is 1. The highest BCUT2D eigenvalue weighted by Crippen LogP contribution is 2.23. The number of carbonyl (C=O) groups excluding carboxylic acids is 1. The number of hydroxylamine groups is 1. The van der Waals surface area contributed by atoms with Gasteiger partial charge in [0.2, 0.25) is 0 Å². The average Bonchev–Trinajstić information content (AvgIpc) is 2.64. The molecular weight excluding hydrogens is 192 g/mol. The van der Waals surface area contributed by atoms with E-state index in [1.54, 1.807) is 0 Å². The van der Waals surface area contributed by atoms with Crippen molar-refractivity contribution in [3.8, 4) is 0 Å². The zero-order chi connectivity index (χ0) is 10.8. The summed E-state index contributed by atoms with van der Waals surface area (Å²) >= 11 is 0. The van der Waals surface area contributed by atoms with Crippen LogP contribution in [0.1, 0.15) is 24.9 Å². The van der Waals surface area contributed by atoms with Gasteiger partial charge in [-0.05, 0) is 24.6 Å². The van der Waals surface area contributed by atoms with Crippen molar-refractivity contribution < 1.29 is 9.63 Å². The maximum absolute atomic E-state index is 11.4. The number of carbonyl (C=O) groups is 1. The van der Waals surface area contributed by atoms with E-state index in [-0.39, 0.29) is 11.9 Å². The number of rotatable bonds is 2. The fourth-order valence-corrected chi connectivity index (χ4v) is 1.55. The van der Waals surface area contributed by atoms with E-state index in [1.165, 1.54) is 5.06 Å². The van der Waals surface area contributed by atoms with Gasteiger partial charge in [0.15, 0.2) is 0 Å². The lowest BCUT2D eigenvalue weighted by Crippen LogP contribution is -2.22. The second-order valence-electron chi connectivity index (χ2n) is 3.66. The van der Waals surface area contributed by atoms with E-state index >= 15 is 0 Å². The van der Waals surface area contributed by atoms with Crippen molar-refractivity contribution in [3.63, 3.8) is 0 Å². The predicted molar refractivity (Wildman–Crippen MR) is 57.1 cm³/mol. The van der Waals surface area contributed by atoms with Crippen LogP contribution in [-0.4, -0.2) is 12.5 Å². The van der Waals surface area contributed by atoms with Crippen molar-refractivity contribution in [3.05, 3.63) is 29.8 Å². The van der Waals surface area contributed by atoms with Gasteiger partial charge in [-0.15, -0.1) is 0 Å². The smallest absolute Gasteiger partial charge is 0.253 e. The van der Waals surface area contributed by atoms with Gasteiger partial charge in [-0.25, -0.2) is 0 Å². The fourth-order valence-electron chi connectivity index (χ4n) is 1.55. The van der Waals surface area contributed by atoms with Crippen molar-refractivity contribution in [2.24, 2.45) is 5.73 Å². The van der Waals surface area contributed by atoms with Crippen molar-refractivity contribution in [1.29, 1.82) is 0 Å². The number of benzene rings is 1. The highest BCUT2D eigenvalue weighted by molar-refractivity contribution is 5.92. The van der Waals surface area contributed by atoms with Gasteiger partial charge in [-0.1, -0.05) is 12.1 Å². The second-order valence-corrected chi connectivity index (χ2v) is 3.66. The quantitative estimate of drug-likeness (QED) is 0.795. The molecule has 1 heterocycles. The van der Waals surface area contributed by atoms with Gasteiger partial charge in [0, 0.05) is 6.04 Å². The summed E-state index contributed by atoms with van der Waals surface area (Å²) in [5, 5.41) is 1.34. The Morgan fingerprint density at radius 3 is 2.93 bits per heavy atom. The van der Waals surface area contributed by atoms with Crippen LogP contribution in [0.2, 0.25) is 0 Å². The van der Waals surface area contributed by atoms with Crippen LogP contribution in [0.15, 0.2) is 24.3 Å². The molecule has 4 nitrogen and oxygen atoms in total. The highest BCUT2D eigenvalue weighted by atomic mass is 16.7. The molecule has 0 radical (unpaired) electrons. The summed E-state index contributed by atoms with van der Waals surface area (Å²) in [5.41, 5.74) is 7.52. The summed E-state index contributed by atoms with van der Waals surface area (Å²) < 4.78 is 0. The monoisotopic (exact) mass is 206 g/mol. The zero-order valence-corrected chi connectivity index (χ0v) is 8.64. The van der Waals surface area contributed by atoms with Gasteiger partial charge in [0.1, 0.15) is 0 Å². The summed E-state index contributed by atoms with van der Waals surface area (Å²) in [6, 6.07) is 7.50. The molecule has 0 aliphatic carbocycles. The van der Waals surface area contributed by atoms with Crippen LogP contribution in [0.25, 0.3) is 0 Å². The highest BCUT2D eigenvalue weighted by Gasteiger charge is 2.23. The van der Waals surface area contributed by atoms with Crippen LogP contribution >= 0.6 is 0 Å². The molecule has 2 N–H and O–H groups in total. The Morgan fingerprint density at radius 2 is 2.33 bits per heavy atom. The molecule has 1 amide bonds. The Balaban J connectivity index is 2.28. The average molecular weight is 206 g/mol. The molecule has 1 aliphatic heterocycles. The van der Waals surface area contributed by atoms with E-state index in [9.17, 15) is 4.79 Å². The predicted octanol–water partition coefficient (Wildman–Crippen LogP) is 1.37. The summed E-state index contributed by atoms with van der Waals surface area (Å²) in [7, 11) is 0. The first kappa shape index (κ1) is 10.1. The molecule has 1 atom stereocenters.